The van der Waals surface area contributed by atoms with Crippen molar-refractivity contribution in [3.63, 3.8) is 0 Å². The van der Waals surface area contributed by atoms with E-state index < -0.39 is 0 Å². The standard InChI is InChI=1S/C13H17NO/c14-11-8-6-10(7-9-11)12-4-2-1-3-5-13(12)15/h6-9,12H,1-5,14H2. The smallest absolute Gasteiger partial charge is 0.140 e. The van der Waals surface area contributed by atoms with Crippen molar-refractivity contribution in [3.05, 3.63) is 29.8 Å². The topological polar surface area (TPSA) is 43.1 Å². The molecule has 0 saturated heterocycles. The van der Waals surface area contributed by atoms with Crippen molar-refractivity contribution in [1.82, 2.24) is 0 Å². The highest BCUT2D eigenvalue weighted by atomic mass is 16.1. The van der Waals surface area contributed by atoms with Gasteiger partial charge in [0, 0.05) is 18.0 Å². The average molecular weight is 203 g/mol. The Morgan fingerprint density at radius 2 is 1.80 bits per heavy atom. The van der Waals surface area contributed by atoms with E-state index in [9.17, 15) is 4.79 Å². The fourth-order valence-corrected chi connectivity index (χ4v) is 2.24. The summed E-state index contributed by atoms with van der Waals surface area (Å²) >= 11 is 0. The minimum absolute atomic E-state index is 0.119. The largest absolute Gasteiger partial charge is 0.399 e. The maximum atomic E-state index is 11.9. The summed E-state index contributed by atoms with van der Waals surface area (Å²) in [4.78, 5) is 11.9. The molecule has 0 spiro atoms. The Morgan fingerprint density at radius 1 is 1.07 bits per heavy atom. The Balaban J connectivity index is 2.20. The van der Waals surface area contributed by atoms with Gasteiger partial charge >= 0.3 is 0 Å². The average Bonchev–Trinajstić information content (AvgIpc) is 2.44. The molecule has 0 amide bonds. The first kappa shape index (κ1) is 10.2. The second kappa shape index (κ2) is 4.47. The van der Waals surface area contributed by atoms with Crippen LogP contribution in [0.25, 0.3) is 0 Å². The van der Waals surface area contributed by atoms with Crippen LogP contribution < -0.4 is 5.73 Å². The van der Waals surface area contributed by atoms with Crippen LogP contribution in [0.1, 0.15) is 43.6 Å². The summed E-state index contributed by atoms with van der Waals surface area (Å²) in [5.74, 6) is 0.519. The number of Topliss-reactive ketones (excluding diaryl/α,β-unsaturated/α-hetero) is 1. The molecule has 1 atom stereocenters. The number of carbonyl (C=O) groups excluding carboxylic acids is 1. The Kier molecular flexibility index (Phi) is 3.05. The maximum Gasteiger partial charge on any atom is 0.140 e. The number of benzene rings is 1. The second-order valence-electron chi connectivity index (χ2n) is 4.28. The van der Waals surface area contributed by atoms with Crippen LogP contribution in [0.15, 0.2) is 24.3 Å². The number of nitrogens with two attached hydrogens (primary N) is 1. The summed E-state index contributed by atoms with van der Waals surface area (Å²) in [6, 6.07) is 7.74. The van der Waals surface area contributed by atoms with Crippen molar-refractivity contribution in [2.75, 3.05) is 5.73 Å². The molecule has 2 rings (SSSR count). The highest BCUT2D eigenvalue weighted by Crippen LogP contribution is 2.29. The Labute approximate surface area is 90.5 Å². The molecule has 0 radical (unpaired) electrons. The number of anilines is 1. The van der Waals surface area contributed by atoms with Crippen LogP contribution in [0.2, 0.25) is 0 Å². The zero-order chi connectivity index (χ0) is 10.7. The molecule has 2 heteroatoms. The van der Waals surface area contributed by atoms with Crippen LogP contribution in [0.4, 0.5) is 5.69 Å². The first-order valence-corrected chi connectivity index (χ1v) is 5.65. The van der Waals surface area contributed by atoms with Gasteiger partial charge in [0.05, 0.1) is 0 Å². The molecule has 0 bridgehead atoms. The van der Waals surface area contributed by atoms with Crippen molar-refractivity contribution in [2.24, 2.45) is 0 Å². The summed E-state index contributed by atoms with van der Waals surface area (Å²) in [6.07, 6.45) is 5.17. The van der Waals surface area contributed by atoms with Gasteiger partial charge in [0.15, 0.2) is 0 Å². The molecule has 1 aliphatic rings. The third kappa shape index (κ3) is 2.38. The van der Waals surface area contributed by atoms with Gasteiger partial charge in [-0.3, -0.25) is 4.79 Å². The van der Waals surface area contributed by atoms with Gasteiger partial charge in [-0.05, 0) is 30.5 Å². The first-order chi connectivity index (χ1) is 7.27. The van der Waals surface area contributed by atoms with Crippen molar-refractivity contribution in [2.45, 2.75) is 38.0 Å². The summed E-state index contributed by atoms with van der Waals surface area (Å²) in [6.45, 7) is 0. The molecule has 1 aliphatic carbocycles. The van der Waals surface area contributed by atoms with Gasteiger partial charge in [-0.1, -0.05) is 25.0 Å². The van der Waals surface area contributed by atoms with Gasteiger partial charge in [-0.25, -0.2) is 0 Å². The molecule has 1 fully saturated rings. The molecule has 0 aromatic heterocycles. The van der Waals surface area contributed by atoms with E-state index in [-0.39, 0.29) is 5.92 Å². The minimum Gasteiger partial charge on any atom is -0.399 e. The monoisotopic (exact) mass is 203 g/mol. The van der Waals surface area contributed by atoms with Crippen LogP contribution >= 0.6 is 0 Å². The normalized spacial score (nSPS) is 22.4. The Morgan fingerprint density at radius 3 is 2.53 bits per heavy atom. The van der Waals surface area contributed by atoms with Crippen LogP contribution in [0.5, 0.6) is 0 Å². The lowest BCUT2D eigenvalue weighted by Gasteiger charge is -2.13. The predicted molar refractivity (Wildman–Crippen MR) is 61.7 cm³/mol. The van der Waals surface area contributed by atoms with E-state index in [4.69, 9.17) is 5.73 Å². The van der Waals surface area contributed by atoms with Crippen molar-refractivity contribution in [1.29, 1.82) is 0 Å². The zero-order valence-electron chi connectivity index (χ0n) is 8.91. The molecule has 1 unspecified atom stereocenters. The van der Waals surface area contributed by atoms with E-state index in [1.165, 1.54) is 12.8 Å². The molecule has 80 valence electrons. The minimum atomic E-state index is 0.119. The number of ketones is 1. The molecule has 2 N–H and O–H groups in total. The summed E-state index contributed by atoms with van der Waals surface area (Å²) in [7, 11) is 0. The van der Waals surface area contributed by atoms with E-state index in [1.807, 2.05) is 24.3 Å². The molecule has 1 saturated carbocycles. The van der Waals surface area contributed by atoms with E-state index in [0.29, 0.717) is 5.78 Å². The number of hydrogen-bond donors (Lipinski definition) is 1. The summed E-state index contributed by atoms with van der Waals surface area (Å²) < 4.78 is 0. The van der Waals surface area contributed by atoms with Gasteiger partial charge in [0.1, 0.15) is 5.78 Å². The van der Waals surface area contributed by atoms with Crippen molar-refractivity contribution in [3.8, 4) is 0 Å². The lowest BCUT2D eigenvalue weighted by Crippen LogP contribution is -2.10. The molecule has 0 heterocycles. The molecule has 1 aromatic carbocycles. The number of rotatable bonds is 1. The molecule has 15 heavy (non-hydrogen) atoms. The molecular formula is C13H17NO. The maximum absolute atomic E-state index is 11.9. The Bertz CT molecular complexity index is 342. The van der Waals surface area contributed by atoms with Crippen LogP contribution in [0.3, 0.4) is 0 Å². The van der Waals surface area contributed by atoms with Gasteiger partial charge in [0.25, 0.3) is 0 Å². The molecule has 2 nitrogen and oxygen atoms in total. The highest BCUT2D eigenvalue weighted by molar-refractivity contribution is 5.86. The van der Waals surface area contributed by atoms with Crippen LogP contribution in [0, 0.1) is 0 Å². The SMILES string of the molecule is Nc1ccc(C2CCCCCC2=O)cc1. The third-order valence-electron chi connectivity index (χ3n) is 3.14. The lowest BCUT2D eigenvalue weighted by atomic mass is 9.91. The van der Waals surface area contributed by atoms with E-state index in [1.54, 1.807) is 0 Å². The third-order valence-corrected chi connectivity index (χ3v) is 3.14. The predicted octanol–water partition coefficient (Wildman–Crippen LogP) is 2.89. The first-order valence-electron chi connectivity index (χ1n) is 5.65. The van der Waals surface area contributed by atoms with E-state index >= 15 is 0 Å². The van der Waals surface area contributed by atoms with Gasteiger partial charge in [0.2, 0.25) is 0 Å². The van der Waals surface area contributed by atoms with Gasteiger partial charge in [-0.2, -0.15) is 0 Å². The van der Waals surface area contributed by atoms with Crippen molar-refractivity contribution < 1.29 is 4.79 Å². The molecular weight excluding hydrogens is 186 g/mol. The van der Waals surface area contributed by atoms with E-state index in [0.717, 1.165) is 30.5 Å². The van der Waals surface area contributed by atoms with Gasteiger partial charge < -0.3 is 5.73 Å². The zero-order valence-corrected chi connectivity index (χ0v) is 8.91. The number of hydrogen-bond acceptors (Lipinski definition) is 2. The van der Waals surface area contributed by atoms with Crippen LogP contribution in [-0.4, -0.2) is 5.78 Å². The fraction of sp³-hybridized carbons (Fsp3) is 0.462. The van der Waals surface area contributed by atoms with Gasteiger partial charge in [-0.15, -0.1) is 0 Å². The van der Waals surface area contributed by atoms with Crippen LogP contribution in [-0.2, 0) is 4.79 Å². The molecule has 1 aromatic rings. The van der Waals surface area contributed by atoms with Crippen molar-refractivity contribution >= 4 is 11.5 Å². The number of carbonyl (C=O) groups is 1. The lowest BCUT2D eigenvalue weighted by molar-refractivity contribution is -0.120. The quantitative estimate of drug-likeness (QED) is 0.563. The second-order valence-corrected chi connectivity index (χ2v) is 4.28. The number of nitrogen functional groups attached to an aromatic ring is 1. The highest BCUT2D eigenvalue weighted by Gasteiger charge is 2.21. The summed E-state index contributed by atoms with van der Waals surface area (Å²) in [5, 5.41) is 0. The fourth-order valence-electron chi connectivity index (χ4n) is 2.24. The summed E-state index contributed by atoms with van der Waals surface area (Å²) in [5.41, 5.74) is 7.54. The van der Waals surface area contributed by atoms with E-state index in [2.05, 4.69) is 0 Å². The molecule has 0 aliphatic heterocycles. The Hall–Kier alpha value is -1.31.